The maximum atomic E-state index is 9.19. The van der Waals surface area contributed by atoms with Gasteiger partial charge in [-0.05, 0) is 38.0 Å². The van der Waals surface area contributed by atoms with Crippen molar-refractivity contribution in [1.82, 2.24) is 4.98 Å². The van der Waals surface area contributed by atoms with Crippen LogP contribution >= 0.6 is 34.8 Å². The van der Waals surface area contributed by atoms with Crippen molar-refractivity contribution in [3.63, 3.8) is 0 Å². The molecular formula is C18H20Cl3N3O. The van der Waals surface area contributed by atoms with Gasteiger partial charge in [0.1, 0.15) is 16.7 Å². The molecule has 2 unspecified atom stereocenters. The Kier molecular flexibility index (Phi) is 6.46. The molecule has 3 rings (SSSR count). The van der Waals surface area contributed by atoms with Gasteiger partial charge in [-0.1, -0.05) is 47.0 Å². The van der Waals surface area contributed by atoms with E-state index in [2.05, 4.69) is 22.0 Å². The number of pyridine rings is 1. The third kappa shape index (κ3) is 4.41. The fourth-order valence-corrected chi connectivity index (χ4v) is 4.15. The fourth-order valence-electron chi connectivity index (χ4n) is 3.42. The Morgan fingerprint density at radius 1 is 1.20 bits per heavy atom. The summed E-state index contributed by atoms with van der Waals surface area (Å²) < 4.78 is 5.79. The van der Waals surface area contributed by atoms with E-state index in [4.69, 9.17) is 39.5 Å². The Balaban J connectivity index is 1.89. The van der Waals surface area contributed by atoms with Crippen molar-refractivity contribution in [2.75, 3.05) is 24.6 Å². The number of nitrogens with zero attached hydrogens (tertiary/aromatic N) is 3. The number of hydrogen-bond donors (Lipinski definition) is 0. The Morgan fingerprint density at radius 3 is 2.68 bits per heavy atom. The SMILES string of the molecule is N#Cc1c(Cl)nc(N(CC2CC=CCC2)CC2CCCO2)c(Cl)c1Cl. The third-order valence-electron chi connectivity index (χ3n) is 4.73. The van der Waals surface area contributed by atoms with Gasteiger partial charge in [0.05, 0.1) is 11.1 Å². The highest BCUT2D eigenvalue weighted by Gasteiger charge is 2.27. The number of aromatic nitrogens is 1. The fraction of sp³-hybridized carbons (Fsp3) is 0.556. The first-order valence-corrected chi connectivity index (χ1v) is 9.69. The van der Waals surface area contributed by atoms with Crippen molar-refractivity contribution in [3.05, 3.63) is 32.9 Å². The molecule has 1 aromatic rings. The van der Waals surface area contributed by atoms with Gasteiger partial charge in [0.15, 0.2) is 11.0 Å². The van der Waals surface area contributed by atoms with Crippen LogP contribution in [0.5, 0.6) is 0 Å². The van der Waals surface area contributed by atoms with E-state index in [1.807, 2.05) is 6.07 Å². The predicted molar refractivity (Wildman–Crippen MR) is 102 cm³/mol. The lowest BCUT2D eigenvalue weighted by Gasteiger charge is -2.32. The topological polar surface area (TPSA) is 49.2 Å². The molecule has 0 N–H and O–H groups in total. The number of anilines is 1. The first-order chi connectivity index (χ1) is 12.1. The Labute approximate surface area is 163 Å². The van der Waals surface area contributed by atoms with E-state index in [0.717, 1.165) is 45.3 Å². The highest BCUT2D eigenvalue weighted by atomic mass is 35.5. The summed E-state index contributed by atoms with van der Waals surface area (Å²) in [7, 11) is 0. The second-order valence-corrected chi connectivity index (χ2v) is 7.65. The first-order valence-electron chi connectivity index (χ1n) is 8.56. The van der Waals surface area contributed by atoms with Crippen LogP contribution in [-0.4, -0.2) is 30.8 Å². The summed E-state index contributed by atoms with van der Waals surface area (Å²) in [6.07, 6.45) is 9.97. The van der Waals surface area contributed by atoms with E-state index in [1.54, 1.807) is 0 Å². The number of rotatable bonds is 5. The molecule has 2 atom stereocenters. The maximum Gasteiger partial charge on any atom is 0.150 e. The highest BCUT2D eigenvalue weighted by Crippen LogP contribution is 2.38. The summed E-state index contributed by atoms with van der Waals surface area (Å²) in [5, 5.41) is 9.73. The Morgan fingerprint density at radius 2 is 2.04 bits per heavy atom. The third-order valence-corrected chi connectivity index (χ3v) is 5.84. The van der Waals surface area contributed by atoms with Crippen LogP contribution in [0.2, 0.25) is 15.2 Å². The molecule has 2 heterocycles. The number of allylic oxidation sites excluding steroid dienone is 2. The normalized spacial score (nSPS) is 22.8. The quantitative estimate of drug-likeness (QED) is 0.500. The zero-order valence-corrected chi connectivity index (χ0v) is 16.1. The van der Waals surface area contributed by atoms with Crippen LogP contribution in [0.25, 0.3) is 0 Å². The van der Waals surface area contributed by atoms with E-state index in [9.17, 15) is 5.26 Å². The van der Waals surface area contributed by atoms with E-state index < -0.39 is 0 Å². The van der Waals surface area contributed by atoms with Crippen molar-refractivity contribution >= 4 is 40.6 Å². The van der Waals surface area contributed by atoms with Crippen LogP contribution < -0.4 is 4.90 Å². The summed E-state index contributed by atoms with van der Waals surface area (Å²) >= 11 is 18.9. The molecule has 1 aliphatic carbocycles. The second-order valence-electron chi connectivity index (χ2n) is 6.53. The molecule has 25 heavy (non-hydrogen) atoms. The highest BCUT2D eigenvalue weighted by molar-refractivity contribution is 6.45. The second kappa shape index (κ2) is 8.60. The number of halogens is 3. The molecule has 1 saturated heterocycles. The van der Waals surface area contributed by atoms with Crippen molar-refractivity contribution in [3.8, 4) is 6.07 Å². The van der Waals surface area contributed by atoms with Gasteiger partial charge in [-0.15, -0.1) is 0 Å². The lowest BCUT2D eigenvalue weighted by molar-refractivity contribution is 0.114. The molecule has 134 valence electrons. The number of hydrogen-bond acceptors (Lipinski definition) is 4. The number of ether oxygens (including phenoxy) is 1. The average Bonchev–Trinajstić information content (AvgIpc) is 3.12. The van der Waals surface area contributed by atoms with Crippen LogP contribution in [0, 0.1) is 17.2 Å². The molecule has 0 aromatic carbocycles. The van der Waals surface area contributed by atoms with E-state index in [0.29, 0.717) is 18.3 Å². The van der Waals surface area contributed by atoms with Crippen LogP contribution in [0.3, 0.4) is 0 Å². The summed E-state index contributed by atoms with van der Waals surface area (Å²) in [5.74, 6) is 1.07. The molecule has 1 fully saturated rings. The summed E-state index contributed by atoms with van der Waals surface area (Å²) in [6, 6.07) is 1.96. The predicted octanol–water partition coefficient (Wildman–Crippen LogP) is 5.26. The monoisotopic (exact) mass is 399 g/mol. The maximum absolute atomic E-state index is 9.19. The number of nitriles is 1. The molecule has 0 spiro atoms. The lowest BCUT2D eigenvalue weighted by atomic mass is 9.94. The van der Waals surface area contributed by atoms with Crippen molar-refractivity contribution < 1.29 is 4.74 Å². The molecule has 4 nitrogen and oxygen atoms in total. The minimum Gasteiger partial charge on any atom is -0.376 e. The molecule has 7 heteroatoms. The van der Waals surface area contributed by atoms with Crippen molar-refractivity contribution in [2.45, 2.75) is 38.2 Å². The van der Waals surface area contributed by atoms with Gasteiger partial charge < -0.3 is 9.64 Å². The lowest BCUT2D eigenvalue weighted by Crippen LogP contribution is -2.37. The molecule has 0 radical (unpaired) electrons. The summed E-state index contributed by atoms with van der Waals surface area (Å²) in [6.45, 7) is 2.31. The van der Waals surface area contributed by atoms with Gasteiger partial charge >= 0.3 is 0 Å². The molecule has 0 amide bonds. The molecule has 1 aromatic heterocycles. The van der Waals surface area contributed by atoms with Gasteiger partial charge in [-0.3, -0.25) is 0 Å². The van der Waals surface area contributed by atoms with Gasteiger partial charge in [-0.2, -0.15) is 5.26 Å². The van der Waals surface area contributed by atoms with Gasteiger partial charge in [0, 0.05) is 19.7 Å². The first kappa shape index (κ1) is 18.8. The zero-order valence-electron chi connectivity index (χ0n) is 13.9. The van der Waals surface area contributed by atoms with Crippen LogP contribution in [0.4, 0.5) is 5.82 Å². The largest absolute Gasteiger partial charge is 0.376 e. The van der Waals surface area contributed by atoms with E-state index in [-0.39, 0.29) is 26.9 Å². The molecule has 0 saturated carbocycles. The Bertz CT molecular complexity index is 696. The van der Waals surface area contributed by atoms with E-state index >= 15 is 0 Å². The van der Waals surface area contributed by atoms with Gasteiger partial charge in [0.2, 0.25) is 0 Å². The van der Waals surface area contributed by atoms with Crippen LogP contribution in [-0.2, 0) is 4.74 Å². The molecule has 2 aliphatic rings. The van der Waals surface area contributed by atoms with Crippen LogP contribution in [0.1, 0.15) is 37.7 Å². The summed E-state index contributed by atoms with van der Waals surface area (Å²) in [4.78, 5) is 6.52. The zero-order chi connectivity index (χ0) is 17.8. The smallest absolute Gasteiger partial charge is 0.150 e. The average molecular weight is 401 g/mol. The molecular weight excluding hydrogens is 381 g/mol. The van der Waals surface area contributed by atoms with Crippen molar-refractivity contribution in [1.29, 1.82) is 5.26 Å². The van der Waals surface area contributed by atoms with Crippen LogP contribution in [0.15, 0.2) is 12.2 Å². The Hall–Kier alpha value is -0.990. The molecule has 1 aliphatic heterocycles. The minimum atomic E-state index is 0.0905. The molecule has 0 bridgehead atoms. The van der Waals surface area contributed by atoms with Gasteiger partial charge in [-0.25, -0.2) is 4.98 Å². The van der Waals surface area contributed by atoms with Gasteiger partial charge in [0.25, 0.3) is 0 Å². The van der Waals surface area contributed by atoms with Crippen molar-refractivity contribution in [2.24, 2.45) is 5.92 Å². The standard InChI is InChI=1S/C18H20Cl3N3O/c19-15-14(9-22)17(21)23-18(16(15)20)24(11-13-7-4-8-25-13)10-12-5-2-1-3-6-12/h1-2,12-13H,3-8,10-11H2. The van der Waals surface area contributed by atoms with E-state index in [1.165, 1.54) is 0 Å². The summed E-state index contributed by atoms with van der Waals surface area (Å²) in [5.41, 5.74) is 0.120. The minimum absolute atomic E-state index is 0.0905.